The number of ketones is 1. The van der Waals surface area contributed by atoms with E-state index >= 15 is 0 Å². The number of primary amides is 1. The summed E-state index contributed by atoms with van der Waals surface area (Å²) in [4.78, 5) is 85.2. The molecule has 7 heterocycles. The number of alkyl halides is 12. The van der Waals surface area contributed by atoms with Crippen LogP contribution >= 0.6 is 0 Å². The molecule has 4 fully saturated rings. The first-order valence-electron chi connectivity index (χ1n) is 48.6. The number of H-pyrrole nitrogens is 2. The number of nitrogens with zero attached hydrogens (tertiary/aromatic N) is 8. The normalized spacial score (nSPS) is 24.2. The second-order valence-electron chi connectivity index (χ2n) is 39.8. The smallest absolute Gasteiger partial charge is 0.396 e. The van der Waals surface area contributed by atoms with Gasteiger partial charge in [0.25, 0.3) is 0 Å². The fourth-order valence-electron chi connectivity index (χ4n) is 21.2. The van der Waals surface area contributed by atoms with Gasteiger partial charge in [0.2, 0.25) is 17.7 Å². The minimum absolute atomic E-state index is 0.0214. The number of halogens is 12. The van der Waals surface area contributed by atoms with E-state index in [1.165, 1.54) is 41.7 Å². The SMILES string of the molecule is CC(=O)C[C@]1(N2C=NCC2=O)CC[C@@](CO[C@H](C)c2cc(C)cc(C(F)(F)F)c2)(c2ccccc2)NC1.Cc1cc([C@@H](C)OCC2(c3ccccc3)CCC(CCO)(n3cn[nH]c3=O)CC2)cc(C(F)(F)F)c1.Cc1cc([C@@H](C)OC[C@@]2(c3ccccc3)CC[C@](CC(N)=O)(N3C=NCC3=O)CN2)cc(C(F)(F)F)c1.Cc1cc([C@@H](C)OC[C@@]2(c3ccccc3)CC[C@](CCO)(n3cn[nH]c3=O)CN2)cc(C(F)(F)F)c1. The van der Waals surface area contributed by atoms with Crippen LogP contribution in [-0.4, -0.2) is 169 Å². The van der Waals surface area contributed by atoms with E-state index in [0.29, 0.717) is 141 Å². The Bertz CT molecular complexity index is 5900. The van der Waals surface area contributed by atoms with Crippen LogP contribution in [-0.2, 0) is 95.9 Å². The Morgan fingerprint density at radius 3 is 0.945 bits per heavy atom. The third kappa shape index (κ3) is 26.1. The number of ether oxygens (including phenoxy) is 4. The van der Waals surface area contributed by atoms with Gasteiger partial charge in [-0.15, -0.1) is 0 Å². The van der Waals surface area contributed by atoms with Crippen LogP contribution in [0.2, 0.25) is 0 Å². The number of piperidine rings is 3. The molecule has 2 aromatic heterocycles. The standard InChI is InChI=1S/C28H32F3N3O3.C27H31F3N4O3.C27H32F3N3O3.C26H31F3N4O3/c1-19-11-22(13-24(12-19)28(29,30)31)21(3)37-17-27(23-7-5-4-6-8-23)10-9-26(16-33-27,14-20(2)35)34-18-32-15-25(34)36;1-18-10-20(12-22(11-18)27(28,29)30)19(2)37-16-26(21-6-4-3-5-7-21)9-8-25(15-33-26,13-23(31)35)34-17-32-14-24(34)36;1-19-14-21(16-23(15-19)27(28,29)30)20(2)36-17-25(22-6-4-3-5-7-22)8-10-26(11-9-25,12-13-34)33-18-31-32-24(33)35;1-18-12-20(14-22(13-18)26(27,28)29)19(2)36-16-25(21-6-4-3-5-7-21)9-8-24(10-11-34,15-30-25)33-17-31-32-23(33)35/h4-8,11-13,18,21,33H,9-10,14-17H2,1-3H3;3-7,10-12,17,19,33H,8-9,13-16H2,1-2H3,(H2,31,35);3-7,14-16,18,20,34H,8-13,17H2,1-2H3,(H,32,35);3-7,12-14,17,19,30,34H,8-11,15-16H2,1-2H3,(H,32,35)/t21-,26-,27-;19-,25-,26-;20-,25?,26?;19-,24-,25-/m1111/s1. The van der Waals surface area contributed by atoms with Gasteiger partial charge in [-0.1, -0.05) is 168 Å². The molecule has 784 valence electrons. The lowest BCUT2D eigenvalue weighted by atomic mass is 9.63. The van der Waals surface area contributed by atoms with E-state index in [9.17, 15) is 91.7 Å². The summed E-state index contributed by atoms with van der Waals surface area (Å²) in [5, 5.41) is 42.8. The minimum atomic E-state index is -4.45. The minimum Gasteiger partial charge on any atom is -0.396 e. The molecule has 9 N–H and O–H groups in total. The van der Waals surface area contributed by atoms with Crippen molar-refractivity contribution in [2.75, 3.05) is 72.4 Å². The summed E-state index contributed by atoms with van der Waals surface area (Å²) in [6.45, 7) is 16.9. The number of aliphatic imine (C=N–C) groups is 2. The monoisotopic (exact) mass is 2040 g/mol. The molecule has 26 nitrogen and oxygen atoms in total. The second kappa shape index (κ2) is 46.1. The molecule has 1 saturated carbocycles. The molecule has 0 spiro atoms. The second-order valence-corrected chi connectivity index (χ2v) is 39.8. The number of benzene rings is 8. The molecule has 3 saturated heterocycles. The number of aliphatic hydroxyl groups excluding tert-OH is 2. The molecule has 6 aliphatic rings. The lowest BCUT2D eigenvalue weighted by Gasteiger charge is -2.50. The van der Waals surface area contributed by atoms with Gasteiger partial charge in [-0.3, -0.25) is 48.1 Å². The molecule has 8 aromatic carbocycles. The zero-order valence-corrected chi connectivity index (χ0v) is 82.9. The van der Waals surface area contributed by atoms with Gasteiger partial charge in [0.15, 0.2) is 0 Å². The quantitative estimate of drug-likeness (QED) is 0.0182. The third-order valence-corrected chi connectivity index (χ3v) is 29.5. The molecule has 38 heteroatoms. The van der Waals surface area contributed by atoms with Gasteiger partial charge in [0.1, 0.15) is 31.5 Å². The Hall–Kier alpha value is -12.1. The van der Waals surface area contributed by atoms with Crippen molar-refractivity contribution in [1.29, 1.82) is 0 Å². The summed E-state index contributed by atoms with van der Waals surface area (Å²) in [5.41, 5.74) is 4.88. The maximum Gasteiger partial charge on any atom is 0.416 e. The topological polar surface area (TPSA) is 340 Å². The van der Waals surface area contributed by atoms with Crippen LogP contribution < -0.4 is 33.1 Å². The fourth-order valence-corrected chi connectivity index (χ4v) is 21.2. The van der Waals surface area contributed by atoms with Crippen LogP contribution in [0.15, 0.2) is 226 Å². The van der Waals surface area contributed by atoms with Crippen LogP contribution in [0.25, 0.3) is 0 Å². The molecule has 3 amide bonds. The van der Waals surface area contributed by atoms with E-state index in [0.717, 1.165) is 70.8 Å². The molecule has 16 rings (SSSR count). The lowest BCUT2D eigenvalue weighted by Crippen LogP contribution is -2.65. The zero-order chi connectivity index (χ0) is 106. The summed E-state index contributed by atoms with van der Waals surface area (Å²) in [7, 11) is 0. The number of aryl methyl sites for hydroxylation is 4. The Morgan fingerprint density at radius 1 is 0.390 bits per heavy atom. The van der Waals surface area contributed by atoms with Crippen molar-refractivity contribution in [3.63, 3.8) is 0 Å². The number of carbonyl (C=O) groups excluding carboxylic acids is 4. The van der Waals surface area contributed by atoms with Crippen molar-refractivity contribution in [2.45, 2.75) is 246 Å². The number of rotatable bonds is 32. The highest BCUT2D eigenvalue weighted by molar-refractivity contribution is 5.96. The van der Waals surface area contributed by atoms with Crippen LogP contribution in [0.1, 0.15) is 238 Å². The van der Waals surface area contributed by atoms with E-state index < -0.39 is 116 Å². The maximum absolute atomic E-state index is 13.4. The molecule has 0 bridgehead atoms. The number of hydrogen-bond donors (Lipinski definition) is 8. The summed E-state index contributed by atoms with van der Waals surface area (Å²) >= 11 is 0. The Balaban J connectivity index is 0.000000163. The number of carbonyl (C=O) groups is 4. The Labute approximate surface area is 838 Å². The number of aromatic nitrogens is 6. The number of Topliss-reactive ketones (excluding diaryl/α,β-unsaturated/α-hetero) is 1. The molecule has 10 aromatic rings. The molecular formula is C108H126F12N14O12. The molecule has 146 heavy (non-hydrogen) atoms. The van der Waals surface area contributed by atoms with E-state index in [1.807, 2.05) is 121 Å². The molecule has 0 radical (unpaired) electrons. The molecule has 1 aliphatic carbocycles. The molecule has 0 unspecified atom stereocenters. The third-order valence-electron chi connectivity index (χ3n) is 29.5. The van der Waals surface area contributed by atoms with Crippen LogP contribution in [0.5, 0.6) is 0 Å². The van der Waals surface area contributed by atoms with Crippen LogP contribution in [0, 0.1) is 27.7 Å². The highest BCUT2D eigenvalue weighted by atomic mass is 19.4. The number of amides is 3. The summed E-state index contributed by atoms with van der Waals surface area (Å²) in [5.74, 6) is -0.876. The fraction of sp³-hybridized carbons (Fsp3) is 0.463. The number of hydrogen-bond acceptors (Lipinski definition) is 19. The van der Waals surface area contributed by atoms with Gasteiger partial charge in [-0.05, 0) is 232 Å². The molecular weight excluding hydrogens is 1910 g/mol. The van der Waals surface area contributed by atoms with E-state index in [1.54, 1.807) is 89.1 Å². The van der Waals surface area contributed by atoms with Gasteiger partial charge >= 0.3 is 36.1 Å². The van der Waals surface area contributed by atoms with Crippen molar-refractivity contribution in [1.82, 2.24) is 55.3 Å². The van der Waals surface area contributed by atoms with Crippen molar-refractivity contribution in [3.8, 4) is 0 Å². The summed E-state index contributed by atoms with van der Waals surface area (Å²) in [6, 6.07) is 54.9. The number of aromatic amines is 2. The highest BCUT2D eigenvalue weighted by Crippen LogP contribution is 2.51. The van der Waals surface area contributed by atoms with Gasteiger partial charge in [-0.2, -0.15) is 62.9 Å². The first-order valence-corrected chi connectivity index (χ1v) is 48.6. The van der Waals surface area contributed by atoms with Crippen LogP contribution in [0.3, 0.4) is 0 Å². The van der Waals surface area contributed by atoms with Gasteiger partial charge < -0.3 is 50.8 Å². The predicted octanol–water partition coefficient (Wildman–Crippen LogP) is 18.1. The Morgan fingerprint density at radius 2 is 0.678 bits per heavy atom. The van der Waals surface area contributed by atoms with Crippen molar-refractivity contribution in [2.24, 2.45) is 15.7 Å². The highest BCUT2D eigenvalue weighted by Gasteiger charge is 2.54. The van der Waals surface area contributed by atoms with Crippen molar-refractivity contribution in [3.05, 3.63) is 317 Å². The van der Waals surface area contributed by atoms with Crippen molar-refractivity contribution >= 4 is 36.2 Å². The largest absolute Gasteiger partial charge is 0.416 e. The first-order chi connectivity index (χ1) is 69.0. The van der Waals surface area contributed by atoms with E-state index in [2.05, 4.69) is 46.3 Å². The predicted molar refractivity (Wildman–Crippen MR) is 525 cm³/mol. The summed E-state index contributed by atoms with van der Waals surface area (Å²) in [6.07, 6.45) is -7.34. The lowest BCUT2D eigenvalue weighted by molar-refractivity contribution is -0.138. The first kappa shape index (κ1) is 111. The van der Waals surface area contributed by atoms with Gasteiger partial charge in [-0.25, -0.2) is 19.8 Å². The molecule has 10 atom stereocenters. The zero-order valence-electron chi connectivity index (χ0n) is 82.9. The number of aliphatic hydroxyl groups is 2. The number of nitrogens with two attached hydrogens (primary N) is 1. The average Bonchev–Trinajstić information content (AvgIpc) is 1.49. The Kier molecular flexibility index (Phi) is 35.1. The van der Waals surface area contributed by atoms with Crippen LogP contribution in [0.4, 0.5) is 52.7 Å². The number of nitrogens with one attached hydrogen (secondary N) is 5. The molecule has 5 aliphatic heterocycles. The van der Waals surface area contributed by atoms with Gasteiger partial charge in [0, 0.05) is 44.7 Å². The average molecular weight is 2040 g/mol. The van der Waals surface area contributed by atoms with E-state index in [-0.39, 0.29) is 99.9 Å². The summed E-state index contributed by atoms with van der Waals surface area (Å²) < 4.78 is 188. The van der Waals surface area contributed by atoms with Crippen molar-refractivity contribution < 1.29 is 101 Å². The van der Waals surface area contributed by atoms with Gasteiger partial charge in [0.05, 0.1) is 131 Å². The van der Waals surface area contributed by atoms with E-state index in [4.69, 9.17) is 24.7 Å². The maximum atomic E-state index is 13.4.